The van der Waals surface area contributed by atoms with E-state index in [-0.39, 0.29) is 24.6 Å². The molecule has 7 heteroatoms. The Morgan fingerprint density at radius 1 is 1.31 bits per heavy atom. The van der Waals surface area contributed by atoms with Gasteiger partial charge in [0.05, 0.1) is 16.1 Å². The first-order valence-corrected chi connectivity index (χ1v) is 9.62. The highest BCUT2D eigenvalue weighted by atomic mass is 32.1. The maximum Gasteiger partial charge on any atom is 0.410 e. The smallest absolute Gasteiger partial charge is 0.410 e. The van der Waals surface area contributed by atoms with Gasteiger partial charge in [-0.05, 0) is 45.7 Å². The van der Waals surface area contributed by atoms with Crippen LogP contribution in [0.2, 0.25) is 0 Å². The summed E-state index contributed by atoms with van der Waals surface area (Å²) in [6.45, 7) is 6.61. The summed E-state index contributed by atoms with van der Waals surface area (Å²) in [6.07, 6.45) is 1.11. The van der Waals surface area contributed by atoms with Gasteiger partial charge in [-0.2, -0.15) is 0 Å². The molecule has 0 radical (unpaired) electrons. The molecule has 1 atom stereocenters. The molecule has 0 N–H and O–H groups in total. The lowest BCUT2D eigenvalue weighted by atomic mass is 9.98. The van der Waals surface area contributed by atoms with Crippen LogP contribution in [0.5, 0.6) is 0 Å². The van der Waals surface area contributed by atoms with Crippen molar-refractivity contribution in [2.45, 2.75) is 45.8 Å². The molecule has 140 valence electrons. The fraction of sp³-hybridized carbons (Fsp3) is 0.526. The second-order valence-electron chi connectivity index (χ2n) is 7.45. The van der Waals surface area contributed by atoms with Gasteiger partial charge in [-0.15, -0.1) is 11.3 Å². The largest absolute Gasteiger partial charge is 0.458 e. The summed E-state index contributed by atoms with van der Waals surface area (Å²) in [5, 5.41) is 0.777. The number of likely N-dealkylation sites (tertiary alicyclic amines) is 1. The molecule has 0 saturated carbocycles. The number of hydrogen-bond acceptors (Lipinski definition) is 6. The quantitative estimate of drug-likeness (QED) is 0.758. The Labute approximate surface area is 157 Å². The normalized spacial score (nSPS) is 18.0. The van der Waals surface area contributed by atoms with Gasteiger partial charge in [-0.1, -0.05) is 12.1 Å². The van der Waals surface area contributed by atoms with Gasteiger partial charge in [0.15, 0.2) is 0 Å². The van der Waals surface area contributed by atoms with Gasteiger partial charge in [0.25, 0.3) is 0 Å². The first kappa shape index (κ1) is 18.6. The molecule has 1 aliphatic rings. The zero-order valence-electron chi connectivity index (χ0n) is 15.4. The number of aromatic nitrogens is 1. The number of para-hydroxylation sites is 1. The van der Waals surface area contributed by atoms with E-state index in [1.165, 1.54) is 11.3 Å². The van der Waals surface area contributed by atoms with E-state index in [0.29, 0.717) is 13.1 Å². The zero-order chi connectivity index (χ0) is 18.7. The number of benzene rings is 1. The van der Waals surface area contributed by atoms with Crippen molar-refractivity contribution in [3.63, 3.8) is 0 Å². The van der Waals surface area contributed by atoms with Gasteiger partial charge in [0, 0.05) is 13.1 Å². The molecular formula is C19H24N2O4S. The van der Waals surface area contributed by atoms with Crippen LogP contribution in [0.4, 0.5) is 4.79 Å². The molecular weight excluding hydrogens is 352 g/mol. The first-order valence-electron chi connectivity index (χ1n) is 8.81. The lowest BCUT2D eigenvalue weighted by Gasteiger charge is -2.33. The summed E-state index contributed by atoms with van der Waals surface area (Å²) >= 11 is 1.52. The van der Waals surface area contributed by atoms with Gasteiger partial charge < -0.3 is 14.4 Å². The number of fused-ring (bicyclic) bond motifs is 1. The van der Waals surface area contributed by atoms with E-state index in [1.54, 1.807) is 4.90 Å². The molecule has 1 amide bonds. The maximum atomic E-state index is 12.4. The van der Waals surface area contributed by atoms with Gasteiger partial charge >= 0.3 is 12.1 Å². The number of carbonyl (C=O) groups excluding carboxylic acids is 2. The fourth-order valence-electron chi connectivity index (χ4n) is 2.89. The molecule has 2 aromatic rings. The first-order chi connectivity index (χ1) is 12.3. The van der Waals surface area contributed by atoms with Crippen LogP contribution >= 0.6 is 11.3 Å². The zero-order valence-corrected chi connectivity index (χ0v) is 16.2. The third kappa shape index (κ3) is 4.72. The lowest BCUT2D eigenvalue weighted by molar-refractivity contribution is -0.151. The topological polar surface area (TPSA) is 68.7 Å². The number of thiazole rings is 1. The minimum absolute atomic E-state index is 0.168. The van der Waals surface area contributed by atoms with Crippen LogP contribution in [0.1, 0.15) is 38.6 Å². The third-order valence-corrected chi connectivity index (χ3v) is 5.09. The maximum absolute atomic E-state index is 12.4. The number of rotatable bonds is 3. The van der Waals surface area contributed by atoms with E-state index in [4.69, 9.17) is 9.47 Å². The van der Waals surface area contributed by atoms with Crippen molar-refractivity contribution >= 4 is 33.6 Å². The Kier molecular flexibility index (Phi) is 5.46. The van der Waals surface area contributed by atoms with Crippen molar-refractivity contribution in [3.8, 4) is 0 Å². The van der Waals surface area contributed by atoms with E-state index >= 15 is 0 Å². The molecule has 6 nitrogen and oxygen atoms in total. The number of esters is 1. The molecule has 1 saturated heterocycles. The van der Waals surface area contributed by atoms with Crippen LogP contribution in [-0.2, 0) is 20.9 Å². The minimum Gasteiger partial charge on any atom is -0.458 e. The summed E-state index contributed by atoms with van der Waals surface area (Å²) in [4.78, 5) is 30.7. The number of amides is 1. The average molecular weight is 376 g/mol. The Morgan fingerprint density at radius 2 is 2.08 bits per heavy atom. The molecule has 0 spiro atoms. The van der Waals surface area contributed by atoms with E-state index in [2.05, 4.69) is 4.98 Å². The van der Waals surface area contributed by atoms with Crippen LogP contribution in [-0.4, -0.2) is 40.6 Å². The van der Waals surface area contributed by atoms with Crippen molar-refractivity contribution in [2.24, 2.45) is 5.92 Å². The summed E-state index contributed by atoms with van der Waals surface area (Å²) in [5.74, 6) is -0.594. The van der Waals surface area contributed by atoms with Crippen LogP contribution in [0.25, 0.3) is 10.2 Å². The second kappa shape index (κ2) is 7.61. The van der Waals surface area contributed by atoms with Crippen LogP contribution in [0, 0.1) is 5.92 Å². The molecule has 1 aliphatic heterocycles. The van der Waals surface area contributed by atoms with E-state index in [0.717, 1.165) is 28.1 Å². The van der Waals surface area contributed by atoms with E-state index in [1.807, 2.05) is 45.0 Å². The Balaban J connectivity index is 1.54. The van der Waals surface area contributed by atoms with Crippen molar-refractivity contribution in [1.29, 1.82) is 0 Å². The molecule has 1 aromatic heterocycles. The van der Waals surface area contributed by atoms with Crippen LogP contribution in [0.3, 0.4) is 0 Å². The predicted octanol–water partition coefficient (Wildman–Crippen LogP) is 3.99. The predicted molar refractivity (Wildman–Crippen MR) is 99.9 cm³/mol. The van der Waals surface area contributed by atoms with Gasteiger partial charge in [0.2, 0.25) is 0 Å². The molecule has 0 bridgehead atoms. The summed E-state index contributed by atoms with van der Waals surface area (Å²) in [6, 6.07) is 7.84. The number of hydrogen-bond donors (Lipinski definition) is 0. The van der Waals surface area contributed by atoms with Crippen LogP contribution in [0.15, 0.2) is 24.3 Å². The number of nitrogens with zero attached hydrogens (tertiary/aromatic N) is 2. The number of ether oxygens (including phenoxy) is 2. The standard InChI is InChI=1S/C19H24N2O4S/c1-19(2,3)25-18(23)21-10-6-7-13(11-21)17(22)24-12-16-20-14-8-4-5-9-15(14)26-16/h4-5,8-9,13H,6-7,10-12H2,1-3H3/t13-/m1/s1. The molecule has 3 rings (SSSR count). The van der Waals surface area contributed by atoms with Gasteiger partial charge in [0.1, 0.15) is 17.2 Å². The molecule has 2 heterocycles. The highest BCUT2D eigenvalue weighted by Gasteiger charge is 2.32. The van der Waals surface area contributed by atoms with Gasteiger partial charge in [-0.3, -0.25) is 4.79 Å². The third-order valence-electron chi connectivity index (χ3n) is 4.08. The van der Waals surface area contributed by atoms with E-state index < -0.39 is 5.60 Å². The minimum atomic E-state index is -0.544. The summed E-state index contributed by atoms with van der Waals surface area (Å²) < 4.78 is 11.9. The Hall–Kier alpha value is -2.15. The highest BCUT2D eigenvalue weighted by molar-refractivity contribution is 7.18. The van der Waals surface area contributed by atoms with Crippen molar-refractivity contribution in [1.82, 2.24) is 9.88 Å². The number of carbonyl (C=O) groups is 2. The van der Waals surface area contributed by atoms with Crippen molar-refractivity contribution in [2.75, 3.05) is 13.1 Å². The monoisotopic (exact) mass is 376 g/mol. The number of piperidine rings is 1. The summed E-state index contributed by atoms with van der Waals surface area (Å²) in [7, 11) is 0. The summed E-state index contributed by atoms with van der Waals surface area (Å²) in [5.41, 5.74) is 0.370. The average Bonchev–Trinajstić information content (AvgIpc) is 3.01. The molecule has 26 heavy (non-hydrogen) atoms. The van der Waals surface area contributed by atoms with E-state index in [9.17, 15) is 9.59 Å². The van der Waals surface area contributed by atoms with Crippen molar-refractivity contribution in [3.05, 3.63) is 29.3 Å². The van der Waals surface area contributed by atoms with Crippen LogP contribution < -0.4 is 0 Å². The second-order valence-corrected chi connectivity index (χ2v) is 8.56. The molecule has 1 aromatic carbocycles. The van der Waals surface area contributed by atoms with Gasteiger partial charge in [-0.25, -0.2) is 9.78 Å². The Morgan fingerprint density at radius 3 is 2.81 bits per heavy atom. The lowest BCUT2D eigenvalue weighted by Crippen LogP contribution is -2.45. The van der Waals surface area contributed by atoms with Crippen molar-refractivity contribution < 1.29 is 19.1 Å². The Bertz CT molecular complexity index is 763. The molecule has 0 aliphatic carbocycles. The molecule has 1 fully saturated rings. The fourth-order valence-corrected chi connectivity index (χ4v) is 3.77. The molecule has 0 unspecified atom stereocenters. The SMILES string of the molecule is CC(C)(C)OC(=O)N1CCC[C@@H](C(=O)OCc2nc3ccccc3s2)C1. The highest BCUT2D eigenvalue weighted by Crippen LogP contribution is 2.24.